The Hall–Kier alpha value is -2.68. The minimum atomic E-state index is -0.453. The number of benzene rings is 3. The lowest BCUT2D eigenvalue weighted by atomic mass is 9.98. The maximum absolute atomic E-state index is 9.97. The summed E-state index contributed by atoms with van der Waals surface area (Å²) in [6, 6.07) is 15.9. The number of hydrogen-bond donors (Lipinski definition) is 3. The first kappa shape index (κ1) is 13.3. The van der Waals surface area contributed by atoms with E-state index in [2.05, 4.69) is 6.07 Å². The minimum Gasteiger partial charge on any atom is -0.504 e. The third-order valence-corrected chi connectivity index (χ3v) is 3.73. The molecule has 3 N–H and O–H groups in total. The van der Waals surface area contributed by atoms with Crippen LogP contribution in [-0.2, 0) is 6.42 Å². The van der Waals surface area contributed by atoms with Crippen molar-refractivity contribution in [3.05, 3.63) is 65.2 Å². The molecule has 0 fully saturated rings. The molecule has 3 rings (SSSR count). The zero-order chi connectivity index (χ0) is 15.0. The van der Waals surface area contributed by atoms with Crippen LogP contribution in [0, 0.1) is 6.92 Å². The Morgan fingerprint density at radius 1 is 0.762 bits per heavy atom. The van der Waals surface area contributed by atoms with Crippen LogP contribution >= 0.6 is 0 Å². The summed E-state index contributed by atoms with van der Waals surface area (Å²) in [5, 5.41) is 31.6. The van der Waals surface area contributed by atoms with Crippen LogP contribution in [0.5, 0.6) is 17.2 Å². The fraction of sp³-hybridized carbons (Fsp3) is 0.111. The molecule has 0 radical (unpaired) electrons. The number of aryl methyl sites for hydroxylation is 1. The molecule has 3 aromatic rings. The Kier molecular flexibility index (Phi) is 3.18. The number of phenols is 3. The van der Waals surface area contributed by atoms with E-state index in [1.165, 1.54) is 0 Å². The van der Waals surface area contributed by atoms with Gasteiger partial charge >= 0.3 is 0 Å². The molecule has 0 aliphatic heterocycles. The lowest BCUT2D eigenvalue weighted by Gasteiger charge is -2.11. The van der Waals surface area contributed by atoms with Crippen molar-refractivity contribution < 1.29 is 15.3 Å². The Bertz CT molecular complexity index is 822. The summed E-state index contributed by atoms with van der Waals surface area (Å²) < 4.78 is 0. The van der Waals surface area contributed by atoms with Crippen LogP contribution in [0.3, 0.4) is 0 Å². The van der Waals surface area contributed by atoms with Gasteiger partial charge in [-0.3, -0.25) is 0 Å². The van der Waals surface area contributed by atoms with Crippen molar-refractivity contribution in [2.45, 2.75) is 13.3 Å². The molecule has 0 bridgehead atoms. The molecular formula is C18H16O3. The zero-order valence-corrected chi connectivity index (χ0v) is 11.7. The van der Waals surface area contributed by atoms with Crippen molar-refractivity contribution in [1.82, 2.24) is 0 Å². The summed E-state index contributed by atoms with van der Waals surface area (Å²) >= 11 is 0. The summed E-state index contributed by atoms with van der Waals surface area (Å²) in [6.07, 6.45) is 0.491. The quantitative estimate of drug-likeness (QED) is 0.625. The normalized spacial score (nSPS) is 10.9. The highest BCUT2D eigenvalue weighted by Crippen LogP contribution is 2.40. The van der Waals surface area contributed by atoms with E-state index in [1.807, 2.05) is 36.4 Å². The molecule has 21 heavy (non-hydrogen) atoms. The van der Waals surface area contributed by atoms with Crippen LogP contribution in [0.2, 0.25) is 0 Å². The highest BCUT2D eigenvalue weighted by atomic mass is 16.3. The van der Waals surface area contributed by atoms with Crippen LogP contribution in [0.4, 0.5) is 0 Å². The summed E-state index contributed by atoms with van der Waals surface area (Å²) in [5.41, 5.74) is 2.17. The van der Waals surface area contributed by atoms with Gasteiger partial charge in [-0.25, -0.2) is 0 Å². The summed E-state index contributed by atoms with van der Waals surface area (Å²) in [7, 11) is 0. The summed E-state index contributed by atoms with van der Waals surface area (Å²) in [4.78, 5) is 0. The van der Waals surface area contributed by atoms with Gasteiger partial charge in [0.2, 0.25) is 5.75 Å². The summed E-state index contributed by atoms with van der Waals surface area (Å²) in [5.74, 6) is -0.980. The van der Waals surface area contributed by atoms with E-state index in [1.54, 1.807) is 13.0 Å². The second kappa shape index (κ2) is 5.02. The van der Waals surface area contributed by atoms with Crippen molar-refractivity contribution in [3.63, 3.8) is 0 Å². The average molecular weight is 280 g/mol. The highest BCUT2D eigenvalue weighted by Gasteiger charge is 2.14. The van der Waals surface area contributed by atoms with Crippen molar-refractivity contribution in [3.8, 4) is 17.2 Å². The lowest BCUT2D eigenvalue weighted by molar-refractivity contribution is 0.363. The predicted molar refractivity (Wildman–Crippen MR) is 82.9 cm³/mol. The Morgan fingerprint density at radius 3 is 2.24 bits per heavy atom. The third-order valence-electron chi connectivity index (χ3n) is 3.73. The van der Waals surface area contributed by atoms with Gasteiger partial charge in [-0.1, -0.05) is 42.5 Å². The molecule has 0 spiro atoms. The highest BCUT2D eigenvalue weighted by molar-refractivity contribution is 5.83. The molecule has 3 nitrogen and oxygen atoms in total. The Labute approximate surface area is 122 Å². The van der Waals surface area contributed by atoms with Gasteiger partial charge < -0.3 is 15.3 Å². The first-order chi connectivity index (χ1) is 10.1. The van der Waals surface area contributed by atoms with E-state index >= 15 is 0 Å². The smallest absolute Gasteiger partial charge is 0.200 e. The number of aromatic hydroxyl groups is 3. The largest absolute Gasteiger partial charge is 0.504 e. The molecule has 0 heterocycles. The van der Waals surface area contributed by atoms with Gasteiger partial charge in [-0.2, -0.15) is 0 Å². The lowest BCUT2D eigenvalue weighted by Crippen LogP contribution is -1.91. The van der Waals surface area contributed by atoms with Crippen molar-refractivity contribution in [2.75, 3.05) is 0 Å². The first-order valence-electron chi connectivity index (χ1n) is 6.77. The Balaban J connectivity index is 2.02. The average Bonchev–Trinajstić information content (AvgIpc) is 2.50. The SMILES string of the molecule is Cc1cc(Cc2ccc3ccccc3c2)c(O)c(O)c1O. The van der Waals surface area contributed by atoms with E-state index in [-0.39, 0.29) is 11.5 Å². The van der Waals surface area contributed by atoms with Gasteiger partial charge in [0, 0.05) is 12.0 Å². The van der Waals surface area contributed by atoms with Gasteiger partial charge in [-0.05, 0) is 34.9 Å². The second-order valence-electron chi connectivity index (χ2n) is 5.26. The van der Waals surface area contributed by atoms with Gasteiger partial charge in [0.1, 0.15) is 0 Å². The van der Waals surface area contributed by atoms with Crippen LogP contribution in [-0.4, -0.2) is 15.3 Å². The number of phenolic OH excluding ortho intramolecular Hbond substituents is 3. The summed E-state index contributed by atoms with van der Waals surface area (Å²) in [6.45, 7) is 1.69. The number of hydrogen-bond acceptors (Lipinski definition) is 3. The molecule has 106 valence electrons. The zero-order valence-electron chi connectivity index (χ0n) is 11.7. The molecule has 0 amide bonds. The third kappa shape index (κ3) is 2.38. The topological polar surface area (TPSA) is 60.7 Å². The molecule has 0 aromatic heterocycles. The molecule has 3 heteroatoms. The maximum Gasteiger partial charge on any atom is 0.200 e. The predicted octanol–water partition coefficient (Wildman–Crippen LogP) is 3.86. The molecule has 0 aliphatic rings. The van der Waals surface area contributed by atoms with Crippen LogP contribution in [0.1, 0.15) is 16.7 Å². The van der Waals surface area contributed by atoms with E-state index in [9.17, 15) is 15.3 Å². The van der Waals surface area contributed by atoms with Crippen LogP contribution < -0.4 is 0 Å². The molecule has 3 aromatic carbocycles. The standard InChI is InChI=1S/C18H16O3/c1-11-8-15(17(20)18(21)16(11)19)10-12-6-7-13-4-2-3-5-14(13)9-12/h2-9,19-21H,10H2,1H3. The molecule has 0 atom stereocenters. The monoisotopic (exact) mass is 280 g/mol. The molecule has 0 saturated heterocycles. The maximum atomic E-state index is 9.97. The second-order valence-corrected chi connectivity index (χ2v) is 5.26. The first-order valence-corrected chi connectivity index (χ1v) is 6.77. The molecule has 0 saturated carbocycles. The van der Waals surface area contributed by atoms with Gasteiger partial charge in [0.25, 0.3) is 0 Å². The fourth-order valence-electron chi connectivity index (χ4n) is 2.55. The van der Waals surface area contributed by atoms with E-state index < -0.39 is 5.75 Å². The van der Waals surface area contributed by atoms with Crippen molar-refractivity contribution >= 4 is 10.8 Å². The number of fused-ring (bicyclic) bond motifs is 1. The molecule has 0 unspecified atom stereocenters. The minimum absolute atomic E-state index is 0.258. The van der Waals surface area contributed by atoms with Crippen LogP contribution in [0.15, 0.2) is 48.5 Å². The van der Waals surface area contributed by atoms with Gasteiger partial charge in [-0.15, -0.1) is 0 Å². The van der Waals surface area contributed by atoms with Crippen LogP contribution in [0.25, 0.3) is 10.8 Å². The van der Waals surface area contributed by atoms with Crippen molar-refractivity contribution in [2.24, 2.45) is 0 Å². The van der Waals surface area contributed by atoms with E-state index in [0.29, 0.717) is 17.5 Å². The van der Waals surface area contributed by atoms with Gasteiger partial charge in [0.15, 0.2) is 11.5 Å². The van der Waals surface area contributed by atoms with Gasteiger partial charge in [0.05, 0.1) is 0 Å². The van der Waals surface area contributed by atoms with E-state index in [4.69, 9.17) is 0 Å². The van der Waals surface area contributed by atoms with E-state index in [0.717, 1.165) is 16.3 Å². The number of rotatable bonds is 2. The fourth-order valence-corrected chi connectivity index (χ4v) is 2.55. The van der Waals surface area contributed by atoms with Crippen molar-refractivity contribution in [1.29, 1.82) is 0 Å². The molecule has 0 aliphatic carbocycles. The molecular weight excluding hydrogens is 264 g/mol. The Morgan fingerprint density at radius 2 is 1.48 bits per heavy atom.